The van der Waals surface area contributed by atoms with Crippen molar-refractivity contribution in [2.24, 2.45) is 5.92 Å². The first-order chi connectivity index (χ1) is 12.1. The van der Waals surface area contributed by atoms with Gasteiger partial charge in [-0.1, -0.05) is 19.1 Å². The van der Waals surface area contributed by atoms with Gasteiger partial charge in [-0.25, -0.2) is 9.97 Å². The number of anilines is 2. The lowest BCUT2D eigenvalue weighted by Crippen LogP contribution is -2.39. The van der Waals surface area contributed by atoms with E-state index < -0.39 is 0 Å². The van der Waals surface area contributed by atoms with Crippen LogP contribution in [-0.4, -0.2) is 41.0 Å². The molecule has 0 radical (unpaired) electrons. The molecule has 0 spiro atoms. The third-order valence-electron chi connectivity index (χ3n) is 4.37. The van der Waals surface area contributed by atoms with Crippen molar-refractivity contribution < 1.29 is 9.53 Å². The second-order valence-corrected chi connectivity index (χ2v) is 6.54. The summed E-state index contributed by atoms with van der Waals surface area (Å²) in [6.07, 6.45) is 2.22. The fourth-order valence-electron chi connectivity index (χ4n) is 3.14. The van der Waals surface area contributed by atoms with E-state index in [-0.39, 0.29) is 5.91 Å². The van der Waals surface area contributed by atoms with Crippen LogP contribution >= 0.6 is 0 Å². The Kier molecular flexibility index (Phi) is 5.16. The molecule has 6 heteroatoms. The van der Waals surface area contributed by atoms with Crippen LogP contribution < -0.4 is 10.1 Å². The Morgan fingerprint density at radius 1 is 1.32 bits per heavy atom. The Morgan fingerprint density at radius 2 is 2.12 bits per heavy atom. The van der Waals surface area contributed by atoms with Crippen LogP contribution in [0.3, 0.4) is 0 Å². The molecular weight excluding hydrogens is 316 g/mol. The molecule has 1 N–H and O–H groups in total. The lowest BCUT2D eigenvalue weighted by Gasteiger charge is -2.30. The van der Waals surface area contributed by atoms with Gasteiger partial charge < -0.3 is 15.0 Å². The van der Waals surface area contributed by atoms with Gasteiger partial charge in [0, 0.05) is 18.8 Å². The number of carbonyl (C=O) groups excluding carboxylic acids is 1. The smallest absolute Gasteiger partial charge is 0.272 e. The predicted molar refractivity (Wildman–Crippen MR) is 97.3 cm³/mol. The normalized spacial score (nSPS) is 17.2. The van der Waals surface area contributed by atoms with E-state index in [9.17, 15) is 4.79 Å². The lowest BCUT2D eigenvalue weighted by atomic mass is 10.00. The molecular formula is C19H24N4O2. The van der Waals surface area contributed by atoms with Gasteiger partial charge in [0.15, 0.2) is 0 Å². The maximum atomic E-state index is 12.8. The molecule has 1 aliphatic heterocycles. The monoisotopic (exact) mass is 340 g/mol. The summed E-state index contributed by atoms with van der Waals surface area (Å²) >= 11 is 0. The van der Waals surface area contributed by atoms with E-state index in [0.717, 1.165) is 30.9 Å². The van der Waals surface area contributed by atoms with Crippen molar-refractivity contribution in [2.45, 2.75) is 26.7 Å². The van der Waals surface area contributed by atoms with E-state index in [1.54, 1.807) is 13.2 Å². The van der Waals surface area contributed by atoms with Crippen LogP contribution in [-0.2, 0) is 0 Å². The molecule has 25 heavy (non-hydrogen) atoms. The van der Waals surface area contributed by atoms with Crippen molar-refractivity contribution >= 4 is 17.5 Å². The summed E-state index contributed by atoms with van der Waals surface area (Å²) < 4.78 is 5.34. The molecule has 132 valence electrons. The zero-order valence-corrected chi connectivity index (χ0v) is 15.0. The van der Waals surface area contributed by atoms with Gasteiger partial charge in [0.05, 0.1) is 12.8 Å². The highest BCUT2D eigenvalue weighted by molar-refractivity contribution is 5.92. The number of nitrogens with zero attached hydrogens (tertiary/aromatic N) is 3. The number of piperidine rings is 1. The predicted octanol–water partition coefficient (Wildman–Crippen LogP) is 3.41. The van der Waals surface area contributed by atoms with Crippen molar-refractivity contribution in [1.29, 1.82) is 0 Å². The van der Waals surface area contributed by atoms with E-state index in [1.165, 1.54) is 6.42 Å². The van der Waals surface area contributed by atoms with E-state index in [1.807, 2.05) is 36.1 Å². The molecule has 1 aromatic carbocycles. The molecule has 2 heterocycles. The van der Waals surface area contributed by atoms with Crippen LogP contribution in [0.5, 0.6) is 5.75 Å². The van der Waals surface area contributed by atoms with Crippen LogP contribution in [0.4, 0.5) is 11.6 Å². The molecule has 1 aliphatic rings. The second kappa shape index (κ2) is 7.51. The van der Waals surface area contributed by atoms with E-state index >= 15 is 0 Å². The molecule has 1 unspecified atom stereocenters. The SMILES string of the molecule is COc1ccccc1Nc1nc(C)cc(C(=O)N2CCCC(C)C2)n1. The van der Waals surface area contributed by atoms with Gasteiger partial charge in [0.1, 0.15) is 11.4 Å². The topological polar surface area (TPSA) is 67.3 Å². The van der Waals surface area contributed by atoms with Gasteiger partial charge >= 0.3 is 0 Å². The zero-order chi connectivity index (χ0) is 17.8. The number of hydrogen-bond donors (Lipinski definition) is 1. The first-order valence-electron chi connectivity index (χ1n) is 8.62. The van der Waals surface area contributed by atoms with Crippen LogP contribution in [0.15, 0.2) is 30.3 Å². The van der Waals surface area contributed by atoms with E-state index in [0.29, 0.717) is 23.3 Å². The van der Waals surface area contributed by atoms with E-state index in [2.05, 4.69) is 22.2 Å². The highest BCUT2D eigenvalue weighted by atomic mass is 16.5. The summed E-state index contributed by atoms with van der Waals surface area (Å²) in [5.41, 5.74) is 1.94. The summed E-state index contributed by atoms with van der Waals surface area (Å²) in [6, 6.07) is 9.29. The Labute approximate surface area is 148 Å². The fraction of sp³-hybridized carbons (Fsp3) is 0.421. The fourth-order valence-corrected chi connectivity index (χ4v) is 3.14. The minimum atomic E-state index is -0.0277. The molecule has 1 fully saturated rings. The van der Waals surface area contributed by atoms with Gasteiger partial charge in [-0.2, -0.15) is 0 Å². The molecule has 0 saturated carbocycles. The Hall–Kier alpha value is -2.63. The zero-order valence-electron chi connectivity index (χ0n) is 15.0. The average molecular weight is 340 g/mol. The lowest BCUT2D eigenvalue weighted by molar-refractivity contribution is 0.0677. The third-order valence-corrected chi connectivity index (χ3v) is 4.37. The van der Waals surface area contributed by atoms with Crippen molar-refractivity contribution in [2.75, 3.05) is 25.5 Å². The van der Waals surface area contributed by atoms with Crippen LogP contribution in [0.25, 0.3) is 0 Å². The standard InChI is InChI=1S/C19H24N4O2/c1-13-7-6-10-23(12-13)18(24)16-11-14(2)20-19(22-16)21-15-8-4-5-9-17(15)25-3/h4-5,8-9,11,13H,6-7,10,12H2,1-3H3,(H,20,21,22). The molecule has 1 aromatic heterocycles. The number of aromatic nitrogens is 2. The van der Waals surface area contributed by atoms with Crippen molar-refractivity contribution in [3.05, 3.63) is 41.7 Å². The van der Waals surface area contributed by atoms with Crippen molar-refractivity contribution in [3.63, 3.8) is 0 Å². The number of methoxy groups -OCH3 is 1. The number of hydrogen-bond acceptors (Lipinski definition) is 5. The Balaban J connectivity index is 1.84. The average Bonchev–Trinajstić information content (AvgIpc) is 2.61. The summed E-state index contributed by atoms with van der Waals surface area (Å²) in [5.74, 6) is 1.61. The number of carbonyl (C=O) groups is 1. The number of ether oxygens (including phenoxy) is 1. The number of aryl methyl sites for hydroxylation is 1. The number of benzene rings is 1. The third kappa shape index (κ3) is 4.07. The van der Waals surface area contributed by atoms with Crippen LogP contribution in [0.2, 0.25) is 0 Å². The van der Waals surface area contributed by atoms with Crippen LogP contribution in [0, 0.1) is 12.8 Å². The minimum absolute atomic E-state index is 0.0277. The van der Waals surface area contributed by atoms with Gasteiger partial charge in [-0.15, -0.1) is 0 Å². The van der Waals surface area contributed by atoms with Gasteiger partial charge in [-0.3, -0.25) is 4.79 Å². The maximum Gasteiger partial charge on any atom is 0.272 e. The Morgan fingerprint density at radius 3 is 2.88 bits per heavy atom. The number of amides is 1. The van der Waals surface area contributed by atoms with Gasteiger partial charge in [-0.05, 0) is 43.9 Å². The summed E-state index contributed by atoms with van der Waals surface area (Å²) in [5, 5.41) is 3.15. The minimum Gasteiger partial charge on any atom is -0.495 e. The highest BCUT2D eigenvalue weighted by Crippen LogP contribution is 2.26. The Bertz CT molecular complexity index is 763. The number of rotatable bonds is 4. The molecule has 1 saturated heterocycles. The molecule has 0 aliphatic carbocycles. The molecule has 1 amide bonds. The van der Waals surface area contributed by atoms with E-state index in [4.69, 9.17) is 4.74 Å². The number of para-hydroxylation sites is 2. The maximum absolute atomic E-state index is 12.8. The van der Waals surface area contributed by atoms with Gasteiger partial charge in [0.25, 0.3) is 5.91 Å². The first kappa shape index (κ1) is 17.2. The van der Waals surface area contributed by atoms with Crippen LogP contribution in [0.1, 0.15) is 35.9 Å². The molecule has 0 bridgehead atoms. The number of likely N-dealkylation sites (tertiary alicyclic amines) is 1. The van der Waals surface area contributed by atoms with Crippen molar-refractivity contribution in [1.82, 2.24) is 14.9 Å². The molecule has 3 rings (SSSR count). The first-order valence-corrected chi connectivity index (χ1v) is 8.62. The summed E-state index contributed by atoms with van der Waals surface area (Å²) in [6.45, 7) is 5.63. The summed E-state index contributed by atoms with van der Waals surface area (Å²) in [7, 11) is 1.62. The summed E-state index contributed by atoms with van der Waals surface area (Å²) in [4.78, 5) is 23.5. The van der Waals surface area contributed by atoms with Crippen molar-refractivity contribution in [3.8, 4) is 5.75 Å². The molecule has 2 aromatic rings. The van der Waals surface area contributed by atoms with Gasteiger partial charge in [0.2, 0.25) is 5.95 Å². The largest absolute Gasteiger partial charge is 0.495 e. The second-order valence-electron chi connectivity index (χ2n) is 6.54. The quantitative estimate of drug-likeness (QED) is 0.924. The molecule has 1 atom stereocenters. The number of nitrogens with one attached hydrogen (secondary N) is 1. The highest BCUT2D eigenvalue weighted by Gasteiger charge is 2.23. The molecule has 6 nitrogen and oxygen atoms in total.